The summed E-state index contributed by atoms with van der Waals surface area (Å²) in [5, 5.41) is 4.48. The van der Waals surface area contributed by atoms with Gasteiger partial charge in [-0.3, -0.25) is 20.4 Å². The standard InChI is InChI=1S/C22H24N4O2S/c1-14-20(15(2)26(25-14)17-10-6-4-7-11-17)22(28)24-23-21(27)19-13-16-9-5-3-8-12-18(16)29-19/h4,6-7,10-11,13H,3,5,8-9,12H2,1-2H3,(H,23,27)(H,24,28). The second-order valence-corrected chi connectivity index (χ2v) is 8.46. The minimum atomic E-state index is -0.367. The van der Waals surface area contributed by atoms with Gasteiger partial charge in [0.25, 0.3) is 11.8 Å². The number of benzene rings is 1. The number of fused-ring (bicyclic) bond motifs is 1. The first-order chi connectivity index (χ1) is 14.0. The lowest BCUT2D eigenvalue weighted by atomic mass is 10.1. The fraction of sp³-hybridized carbons (Fsp3) is 0.318. The summed E-state index contributed by atoms with van der Waals surface area (Å²) in [5.74, 6) is -0.643. The van der Waals surface area contributed by atoms with Crippen LogP contribution in [0.4, 0.5) is 0 Å². The van der Waals surface area contributed by atoms with Gasteiger partial charge in [-0.05, 0) is 63.3 Å². The SMILES string of the molecule is Cc1nn(-c2ccccc2)c(C)c1C(=O)NNC(=O)c1cc2c(s1)CCCCC2. The number of nitrogens with zero attached hydrogens (tertiary/aromatic N) is 2. The number of carbonyl (C=O) groups excluding carboxylic acids is 2. The van der Waals surface area contributed by atoms with E-state index in [1.165, 1.54) is 41.0 Å². The Morgan fingerprint density at radius 3 is 2.52 bits per heavy atom. The van der Waals surface area contributed by atoms with Crippen molar-refractivity contribution in [2.24, 2.45) is 0 Å². The van der Waals surface area contributed by atoms with Gasteiger partial charge in [-0.1, -0.05) is 24.6 Å². The number of carbonyl (C=O) groups is 2. The van der Waals surface area contributed by atoms with Gasteiger partial charge >= 0.3 is 0 Å². The van der Waals surface area contributed by atoms with Crippen LogP contribution in [0.2, 0.25) is 0 Å². The van der Waals surface area contributed by atoms with Crippen LogP contribution in [0.5, 0.6) is 0 Å². The summed E-state index contributed by atoms with van der Waals surface area (Å²) >= 11 is 1.53. The van der Waals surface area contributed by atoms with E-state index >= 15 is 0 Å². The molecule has 1 aliphatic rings. The smallest absolute Gasteiger partial charge is 0.267 e. The Hall–Kier alpha value is -2.93. The van der Waals surface area contributed by atoms with Crippen LogP contribution in [0.3, 0.4) is 0 Å². The van der Waals surface area contributed by atoms with Crippen molar-refractivity contribution in [3.63, 3.8) is 0 Å². The molecule has 0 saturated carbocycles. The molecule has 1 aromatic carbocycles. The minimum absolute atomic E-state index is 0.276. The monoisotopic (exact) mass is 408 g/mol. The average Bonchev–Trinajstić information content (AvgIpc) is 3.18. The zero-order chi connectivity index (χ0) is 20.4. The fourth-order valence-electron chi connectivity index (χ4n) is 3.81. The number of hydrogen-bond donors (Lipinski definition) is 2. The van der Waals surface area contributed by atoms with Gasteiger partial charge in [0.15, 0.2) is 0 Å². The second-order valence-electron chi connectivity index (χ2n) is 7.32. The Morgan fingerprint density at radius 1 is 1.00 bits per heavy atom. The van der Waals surface area contributed by atoms with Crippen LogP contribution in [-0.2, 0) is 12.8 Å². The molecule has 0 radical (unpaired) electrons. The maximum absolute atomic E-state index is 12.7. The normalized spacial score (nSPS) is 13.4. The molecule has 0 spiro atoms. The van der Waals surface area contributed by atoms with Gasteiger partial charge in [-0.15, -0.1) is 11.3 Å². The highest BCUT2D eigenvalue weighted by Crippen LogP contribution is 2.28. The summed E-state index contributed by atoms with van der Waals surface area (Å²) < 4.78 is 1.74. The predicted molar refractivity (Wildman–Crippen MR) is 114 cm³/mol. The fourth-order valence-corrected chi connectivity index (χ4v) is 4.96. The number of hydrazine groups is 1. The van der Waals surface area contributed by atoms with Gasteiger partial charge in [0.1, 0.15) is 0 Å². The largest absolute Gasteiger partial charge is 0.279 e. The summed E-state index contributed by atoms with van der Waals surface area (Å²) in [6.45, 7) is 3.64. The Bertz CT molecular complexity index is 1030. The second kappa shape index (κ2) is 8.21. The van der Waals surface area contributed by atoms with E-state index in [1.807, 2.05) is 43.3 Å². The molecule has 2 N–H and O–H groups in total. The number of amides is 2. The number of aryl methyl sites for hydroxylation is 3. The van der Waals surface area contributed by atoms with E-state index in [9.17, 15) is 9.59 Å². The van der Waals surface area contributed by atoms with E-state index in [1.54, 1.807) is 11.6 Å². The molecule has 0 unspecified atom stereocenters. The molecule has 2 aromatic heterocycles. The van der Waals surface area contributed by atoms with Crippen molar-refractivity contribution in [2.75, 3.05) is 0 Å². The van der Waals surface area contributed by atoms with Crippen molar-refractivity contribution in [1.29, 1.82) is 0 Å². The van der Waals surface area contributed by atoms with Crippen molar-refractivity contribution in [3.05, 3.63) is 68.7 Å². The molecule has 29 heavy (non-hydrogen) atoms. The molecule has 0 fully saturated rings. The third-order valence-electron chi connectivity index (χ3n) is 5.28. The summed E-state index contributed by atoms with van der Waals surface area (Å²) in [7, 11) is 0. The van der Waals surface area contributed by atoms with Crippen molar-refractivity contribution < 1.29 is 9.59 Å². The molecule has 0 aliphatic heterocycles. The van der Waals surface area contributed by atoms with Gasteiger partial charge in [0, 0.05) is 4.88 Å². The van der Waals surface area contributed by atoms with Crippen molar-refractivity contribution in [1.82, 2.24) is 20.6 Å². The molecular formula is C22H24N4O2S. The first-order valence-corrected chi connectivity index (χ1v) is 10.7. The highest BCUT2D eigenvalue weighted by molar-refractivity contribution is 7.14. The number of aromatic nitrogens is 2. The van der Waals surface area contributed by atoms with Crippen LogP contribution in [0.1, 0.15) is 61.1 Å². The zero-order valence-electron chi connectivity index (χ0n) is 16.6. The molecular weight excluding hydrogens is 384 g/mol. The number of rotatable bonds is 3. The topological polar surface area (TPSA) is 76.0 Å². The van der Waals surface area contributed by atoms with Crippen LogP contribution in [0.15, 0.2) is 36.4 Å². The van der Waals surface area contributed by atoms with Crippen molar-refractivity contribution in [2.45, 2.75) is 46.0 Å². The van der Waals surface area contributed by atoms with Gasteiger partial charge in [-0.25, -0.2) is 4.68 Å². The van der Waals surface area contributed by atoms with Crippen LogP contribution < -0.4 is 10.9 Å². The Kier molecular flexibility index (Phi) is 5.49. The molecule has 150 valence electrons. The molecule has 2 amide bonds. The van der Waals surface area contributed by atoms with Gasteiger partial charge in [-0.2, -0.15) is 5.10 Å². The van der Waals surface area contributed by atoms with Crippen LogP contribution >= 0.6 is 11.3 Å². The minimum Gasteiger partial charge on any atom is -0.267 e. The maximum Gasteiger partial charge on any atom is 0.279 e. The molecule has 0 saturated heterocycles. The van der Waals surface area contributed by atoms with E-state index in [2.05, 4.69) is 16.0 Å². The van der Waals surface area contributed by atoms with Crippen LogP contribution in [-0.4, -0.2) is 21.6 Å². The third kappa shape index (κ3) is 3.96. The summed E-state index contributed by atoms with van der Waals surface area (Å²) in [4.78, 5) is 27.2. The molecule has 1 aliphatic carbocycles. The van der Waals surface area contributed by atoms with E-state index in [-0.39, 0.29) is 11.8 Å². The first-order valence-electron chi connectivity index (χ1n) is 9.88. The molecule has 0 bridgehead atoms. The Labute approximate surface area is 173 Å². The predicted octanol–water partition coefficient (Wildman–Crippen LogP) is 3.89. The summed E-state index contributed by atoms with van der Waals surface area (Å²) in [6.07, 6.45) is 5.66. The highest BCUT2D eigenvalue weighted by atomic mass is 32.1. The Balaban J connectivity index is 1.46. The lowest BCUT2D eigenvalue weighted by molar-refractivity contribution is 0.0848. The van der Waals surface area contributed by atoms with Crippen molar-refractivity contribution >= 4 is 23.2 Å². The van der Waals surface area contributed by atoms with Gasteiger partial charge < -0.3 is 0 Å². The van der Waals surface area contributed by atoms with E-state index < -0.39 is 0 Å². The van der Waals surface area contributed by atoms with Gasteiger partial charge in [0.2, 0.25) is 0 Å². The number of para-hydroxylation sites is 1. The lowest BCUT2D eigenvalue weighted by Gasteiger charge is -2.07. The van der Waals surface area contributed by atoms with E-state index in [0.717, 1.165) is 24.2 Å². The number of nitrogens with one attached hydrogen (secondary N) is 2. The maximum atomic E-state index is 12.7. The third-order valence-corrected chi connectivity index (χ3v) is 6.51. The summed E-state index contributed by atoms with van der Waals surface area (Å²) in [6, 6.07) is 11.6. The number of thiophene rings is 1. The molecule has 6 nitrogen and oxygen atoms in total. The van der Waals surface area contributed by atoms with Crippen LogP contribution in [0.25, 0.3) is 5.69 Å². The first kappa shape index (κ1) is 19.4. The molecule has 3 aromatic rings. The highest BCUT2D eigenvalue weighted by Gasteiger charge is 2.21. The van der Waals surface area contributed by atoms with Crippen molar-refractivity contribution in [3.8, 4) is 5.69 Å². The molecule has 2 heterocycles. The van der Waals surface area contributed by atoms with Crippen LogP contribution in [0, 0.1) is 13.8 Å². The molecule has 0 atom stereocenters. The van der Waals surface area contributed by atoms with Gasteiger partial charge in [0.05, 0.1) is 27.5 Å². The summed E-state index contributed by atoms with van der Waals surface area (Å²) in [5.41, 5.74) is 9.08. The Morgan fingerprint density at radius 2 is 1.72 bits per heavy atom. The number of hydrogen-bond acceptors (Lipinski definition) is 4. The zero-order valence-corrected chi connectivity index (χ0v) is 17.4. The quantitative estimate of drug-likeness (QED) is 0.510. The average molecular weight is 409 g/mol. The van der Waals surface area contributed by atoms with E-state index in [4.69, 9.17) is 0 Å². The molecule has 7 heteroatoms. The lowest BCUT2D eigenvalue weighted by Crippen LogP contribution is -2.41. The molecule has 4 rings (SSSR count). The van der Waals surface area contributed by atoms with E-state index in [0.29, 0.717) is 16.1 Å².